The second-order valence-electron chi connectivity index (χ2n) is 5.74. The van der Waals surface area contributed by atoms with Gasteiger partial charge in [0.05, 0.1) is 10.0 Å². The van der Waals surface area contributed by atoms with Crippen LogP contribution >= 0.6 is 23.2 Å². The summed E-state index contributed by atoms with van der Waals surface area (Å²) in [6.07, 6.45) is 0. The molecule has 0 unspecified atom stereocenters. The fraction of sp³-hybridized carbons (Fsp3) is 0.222. The van der Waals surface area contributed by atoms with Gasteiger partial charge >= 0.3 is 0 Å². The summed E-state index contributed by atoms with van der Waals surface area (Å²) in [7, 11) is 0. The lowest BCUT2D eigenvalue weighted by atomic mass is 10.2. The maximum atomic E-state index is 12.3. The van der Waals surface area contributed by atoms with Crippen LogP contribution in [-0.4, -0.2) is 30.1 Å². The average Bonchev–Trinajstić information content (AvgIpc) is 3.05. The molecule has 1 N–H and O–H groups in total. The molecule has 0 bridgehead atoms. The van der Waals surface area contributed by atoms with Crippen molar-refractivity contribution >= 4 is 40.7 Å². The Morgan fingerprint density at radius 1 is 1.08 bits per heavy atom. The zero-order valence-electron chi connectivity index (χ0n) is 13.9. The lowest BCUT2D eigenvalue weighted by Gasteiger charge is -2.21. The largest absolute Gasteiger partial charge is 0.454 e. The summed E-state index contributed by atoms with van der Waals surface area (Å²) >= 11 is 11.8. The van der Waals surface area contributed by atoms with E-state index in [0.717, 1.165) is 5.56 Å². The monoisotopic (exact) mass is 394 g/mol. The topological polar surface area (TPSA) is 67.9 Å². The minimum absolute atomic E-state index is 0.0932. The van der Waals surface area contributed by atoms with Crippen LogP contribution < -0.4 is 14.8 Å². The van der Waals surface area contributed by atoms with E-state index in [-0.39, 0.29) is 31.7 Å². The molecular formula is C18H16Cl2N2O4. The van der Waals surface area contributed by atoms with Crippen molar-refractivity contribution in [1.82, 2.24) is 4.90 Å². The second kappa shape index (κ2) is 7.85. The minimum Gasteiger partial charge on any atom is -0.454 e. The highest BCUT2D eigenvalue weighted by atomic mass is 35.5. The van der Waals surface area contributed by atoms with Crippen LogP contribution in [0.5, 0.6) is 11.5 Å². The Labute approximate surface area is 160 Å². The van der Waals surface area contributed by atoms with Gasteiger partial charge in [-0.05, 0) is 35.9 Å². The number of amides is 2. The van der Waals surface area contributed by atoms with E-state index in [2.05, 4.69) is 5.32 Å². The molecular weight excluding hydrogens is 379 g/mol. The minimum atomic E-state index is -0.334. The van der Waals surface area contributed by atoms with Crippen molar-refractivity contribution < 1.29 is 19.1 Å². The number of halogens is 2. The molecule has 3 rings (SSSR count). The highest BCUT2D eigenvalue weighted by molar-refractivity contribution is 6.42. The number of fused-ring (bicyclic) bond motifs is 1. The van der Waals surface area contributed by atoms with Gasteiger partial charge in [0.25, 0.3) is 0 Å². The molecule has 8 heteroatoms. The zero-order valence-corrected chi connectivity index (χ0v) is 15.4. The number of hydrogen-bond donors (Lipinski definition) is 1. The number of nitrogens with one attached hydrogen (secondary N) is 1. The highest BCUT2D eigenvalue weighted by Crippen LogP contribution is 2.32. The third-order valence-corrected chi connectivity index (χ3v) is 4.53. The standard InChI is InChI=1S/C18H16Cl2N2O4/c1-11(23)22(8-12-2-5-16-17(6-12)26-10-25-16)9-18(24)21-13-3-4-14(19)15(20)7-13/h2-7H,8-10H2,1H3,(H,21,24). The molecule has 2 amide bonds. The van der Waals surface area contributed by atoms with Crippen LogP contribution in [0.15, 0.2) is 36.4 Å². The van der Waals surface area contributed by atoms with Gasteiger partial charge < -0.3 is 19.7 Å². The first-order valence-electron chi connectivity index (χ1n) is 7.81. The van der Waals surface area contributed by atoms with Crippen molar-refractivity contribution in [3.05, 3.63) is 52.0 Å². The van der Waals surface area contributed by atoms with Gasteiger partial charge in [0.1, 0.15) is 6.54 Å². The SMILES string of the molecule is CC(=O)N(CC(=O)Nc1ccc(Cl)c(Cl)c1)Cc1ccc2c(c1)OCO2. The van der Waals surface area contributed by atoms with Crippen LogP contribution in [0, 0.1) is 0 Å². The maximum absolute atomic E-state index is 12.3. The quantitative estimate of drug-likeness (QED) is 0.838. The van der Waals surface area contributed by atoms with Crippen molar-refractivity contribution in [2.45, 2.75) is 13.5 Å². The first kappa shape index (κ1) is 18.4. The van der Waals surface area contributed by atoms with Crippen LogP contribution in [0.3, 0.4) is 0 Å². The number of ether oxygens (including phenoxy) is 2. The molecule has 0 saturated carbocycles. The summed E-state index contributed by atoms with van der Waals surface area (Å²) in [6, 6.07) is 10.2. The van der Waals surface area contributed by atoms with E-state index >= 15 is 0 Å². The first-order chi connectivity index (χ1) is 12.4. The molecule has 2 aromatic carbocycles. The van der Waals surface area contributed by atoms with E-state index in [9.17, 15) is 9.59 Å². The lowest BCUT2D eigenvalue weighted by molar-refractivity contribution is -0.133. The van der Waals surface area contributed by atoms with Crippen LogP contribution in [0.25, 0.3) is 0 Å². The molecule has 0 saturated heterocycles. The van der Waals surface area contributed by atoms with Gasteiger partial charge in [-0.15, -0.1) is 0 Å². The van der Waals surface area contributed by atoms with Gasteiger partial charge in [-0.2, -0.15) is 0 Å². The Hall–Kier alpha value is -2.44. The number of nitrogens with zero attached hydrogens (tertiary/aromatic N) is 1. The van der Waals surface area contributed by atoms with Crippen molar-refractivity contribution in [3.8, 4) is 11.5 Å². The Morgan fingerprint density at radius 2 is 1.85 bits per heavy atom. The van der Waals surface area contributed by atoms with Gasteiger partial charge in [0.15, 0.2) is 11.5 Å². The predicted octanol–water partition coefficient (Wildman–Crippen LogP) is 3.71. The van der Waals surface area contributed by atoms with Crippen LogP contribution in [-0.2, 0) is 16.1 Å². The Balaban J connectivity index is 1.65. The Morgan fingerprint density at radius 3 is 2.58 bits per heavy atom. The molecule has 1 heterocycles. The summed E-state index contributed by atoms with van der Waals surface area (Å²) in [5, 5.41) is 3.44. The van der Waals surface area contributed by atoms with Crippen molar-refractivity contribution in [1.29, 1.82) is 0 Å². The van der Waals surface area contributed by atoms with Gasteiger partial charge in [-0.25, -0.2) is 0 Å². The van der Waals surface area contributed by atoms with Gasteiger partial charge in [0, 0.05) is 19.2 Å². The molecule has 0 spiro atoms. The molecule has 1 aliphatic rings. The van der Waals surface area contributed by atoms with Crippen LogP contribution in [0.1, 0.15) is 12.5 Å². The molecule has 0 radical (unpaired) electrons. The molecule has 136 valence electrons. The summed E-state index contributed by atoms with van der Waals surface area (Å²) in [6.45, 7) is 1.78. The smallest absolute Gasteiger partial charge is 0.244 e. The van der Waals surface area contributed by atoms with Crippen molar-refractivity contribution in [2.75, 3.05) is 18.7 Å². The van der Waals surface area contributed by atoms with Gasteiger partial charge in [0.2, 0.25) is 18.6 Å². The van der Waals surface area contributed by atoms with E-state index in [1.54, 1.807) is 30.3 Å². The molecule has 0 fully saturated rings. The number of carbonyl (C=O) groups excluding carboxylic acids is 2. The van der Waals surface area contributed by atoms with Crippen molar-refractivity contribution in [3.63, 3.8) is 0 Å². The van der Waals surface area contributed by atoms with Crippen LogP contribution in [0.4, 0.5) is 5.69 Å². The first-order valence-corrected chi connectivity index (χ1v) is 8.57. The van der Waals surface area contributed by atoms with E-state index in [0.29, 0.717) is 27.2 Å². The predicted molar refractivity (Wildman–Crippen MR) is 98.7 cm³/mol. The molecule has 0 aliphatic carbocycles. The maximum Gasteiger partial charge on any atom is 0.244 e. The number of hydrogen-bond acceptors (Lipinski definition) is 4. The fourth-order valence-electron chi connectivity index (χ4n) is 2.49. The van der Waals surface area contributed by atoms with Crippen molar-refractivity contribution in [2.24, 2.45) is 0 Å². The third-order valence-electron chi connectivity index (χ3n) is 3.79. The second-order valence-corrected chi connectivity index (χ2v) is 6.55. The van der Waals surface area contributed by atoms with E-state index in [4.69, 9.17) is 32.7 Å². The highest BCUT2D eigenvalue weighted by Gasteiger charge is 2.18. The third kappa shape index (κ3) is 4.39. The number of rotatable bonds is 5. The summed E-state index contributed by atoms with van der Waals surface area (Å²) in [5.74, 6) is 0.748. The molecule has 26 heavy (non-hydrogen) atoms. The Kier molecular flexibility index (Phi) is 5.54. The lowest BCUT2D eigenvalue weighted by Crippen LogP contribution is -2.36. The summed E-state index contributed by atoms with van der Waals surface area (Å²) in [4.78, 5) is 25.6. The fourth-order valence-corrected chi connectivity index (χ4v) is 2.78. The summed E-state index contributed by atoms with van der Waals surface area (Å²) < 4.78 is 10.6. The molecule has 1 aliphatic heterocycles. The Bertz CT molecular complexity index is 857. The number of carbonyl (C=O) groups is 2. The number of anilines is 1. The molecule has 0 atom stereocenters. The van der Waals surface area contributed by atoms with E-state index in [1.807, 2.05) is 6.07 Å². The molecule has 2 aromatic rings. The normalized spacial score (nSPS) is 12.0. The van der Waals surface area contributed by atoms with Gasteiger partial charge in [-0.3, -0.25) is 9.59 Å². The molecule has 0 aromatic heterocycles. The number of benzene rings is 2. The summed E-state index contributed by atoms with van der Waals surface area (Å²) in [5.41, 5.74) is 1.35. The average molecular weight is 395 g/mol. The van der Waals surface area contributed by atoms with E-state index < -0.39 is 0 Å². The molecule has 6 nitrogen and oxygen atoms in total. The zero-order chi connectivity index (χ0) is 18.7. The van der Waals surface area contributed by atoms with Gasteiger partial charge in [-0.1, -0.05) is 29.3 Å². The van der Waals surface area contributed by atoms with Crippen LogP contribution in [0.2, 0.25) is 10.0 Å². The van der Waals surface area contributed by atoms with E-state index in [1.165, 1.54) is 11.8 Å².